The highest BCUT2D eigenvalue weighted by atomic mass is 16.6. The lowest BCUT2D eigenvalue weighted by molar-refractivity contribution is -0.151. The Hall–Kier alpha value is -3.67. The number of carbonyl (C=O) groups excluding carboxylic acids is 2. The summed E-state index contributed by atoms with van der Waals surface area (Å²) in [6.45, 7) is 0. The van der Waals surface area contributed by atoms with Crippen LogP contribution in [0.1, 0.15) is 22.0 Å². The molecule has 1 atom stereocenters. The van der Waals surface area contributed by atoms with Gasteiger partial charge in [0, 0.05) is 23.3 Å². The minimum atomic E-state index is -1.17. The van der Waals surface area contributed by atoms with Gasteiger partial charge in [-0.05, 0) is 22.9 Å². The standard InChI is InChI=1S/C21H16N2O4/c1-26-21(25)18(15-8-4-6-13-5-2-3-7-14(13)15)27-20(24)17-10-12-23-19-16(17)9-11-22-19/h2-12,18H,1H3,(H,22,23). The fourth-order valence-corrected chi connectivity index (χ4v) is 3.13. The number of aromatic nitrogens is 2. The highest BCUT2D eigenvalue weighted by molar-refractivity contribution is 6.03. The lowest BCUT2D eigenvalue weighted by Gasteiger charge is -2.18. The number of esters is 2. The summed E-state index contributed by atoms with van der Waals surface area (Å²) in [4.78, 5) is 32.3. The fourth-order valence-electron chi connectivity index (χ4n) is 3.13. The number of ether oxygens (including phenoxy) is 2. The molecule has 6 nitrogen and oxygen atoms in total. The first kappa shape index (κ1) is 16.8. The van der Waals surface area contributed by atoms with Crippen LogP contribution in [0.2, 0.25) is 0 Å². The largest absolute Gasteiger partial charge is 0.466 e. The van der Waals surface area contributed by atoms with Gasteiger partial charge in [0.2, 0.25) is 6.10 Å². The van der Waals surface area contributed by atoms with Crippen LogP contribution < -0.4 is 0 Å². The Morgan fingerprint density at radius 3 is 2.67 bits per heavy atom. The van der Waals surface area contributed by atoms with E-state index in [2.05, 4.69) is 9.97 Å². The van der Waals surface area contributed by atoms with E-state index in [0.29, 0.717) is 22.2 Å². The molecule has 0 aliphatic heterocycles. The van der Waals surface area contributed by atoms with Crippen molar-refractivity contribution in [1.82, 2.24) is 9.97 Å². The zero-order valence-electron chi connectivity index (χ0n) is 14.5. The van der Waals surface area contributed by atoms with E-state index in [1.807, 2.05) is 36.4 Å². The molecule has 4 aromatic rings. The number of nitrogens with one attached hydrogen (secondary N) is 1. The average molecular weight is 360 g/mol. The molecule has 0 bridgehead atoms. The van der Waals surface area contributed by atoms with Crippen LogP contribution in [0.3, 0.4) is 0 Å². The van der Waals surface area contributed by atoms with E-state index in [0.717, 1.165) is 10.8 Å². The van der Waals surface area contributed by atoms with Gasteiger partial charge in [-0.1, -0.05) is 42.5 Å². The predicted octanol–water partition coefficient (Wildman–Crippen LogP) is 3.79. The van der Waals surface area contributed by atoms with Crippen LogP contribution in [0.25, 0.3) is 21.8 Å². The summed E-state index contributed by atoms with van der Waals surface area (Å²) in [5.74, 6) is -1.26. The summed E-state index contributed by atoms with van der Waals surface area (Å²) in [6.07, 6.45) is 2.04. The number of nitrogens with zero attached hydrogens (tertiary/aromatic N) is 1. The number of aromatic amines is 1. The van der Waals surface area contributed by atoms with Gasteiger partial charge in [0.05, 0.1) is 12.7 Å². The first-order chi connectivity index (χ1) is 13.2. The van der Waals surface area contributed by atoms with Gasteiger partial charge in [0.15, 0.2) is 0 Å². The van der Waals surface area contributed by atoms with Gasteiger partial charge in [-0.3, -0.25) is 0 Å². The second kappa shape index (κ2) is 6.92. The summed E-state index contributed by atoms with van der Waals surface area (Å²) < 4.78 is 10.5. The van der Waals surface area contributed by atoms with E-state index in [1.54, 1.807) is 24.4 Å². The third-order valence-electron chi connectivity index (χ3n) is 4.43. The van der Waals surface area contributed by atoms with Crippen LogP contribution in [-0.2, 0) is 14.3 Å². The van der Waals surface area contributed by atoms with Crippen molar-refractivity contribution >= 4 is 33.7 Å². The van der Waals surface area contributed by atoms with E-state index >= 15 is 0 Å². The minimum absolute atomic E-state index is 0.329. The number of hydrogen-bond acceptors (Lipinski definition) is 5. The molecule has 0 aliphatic carbocycles. The Morgan fingerprint density at radius 2 is 1.81 bits per heavy atom. The normalized spacial score (nSPS) is 12.0. The number of methoxy groups -OCH3 is 1. The average Bonchev–Trinajstić information content (AvgIpc) is 3.20. The van der Waals surface area contributed by atoms with Crippen molar-refractivity contribution in [2.75, 3.05) is 7.11 Å². The second-order valence-corrected chi connectivity index (χ2v) is 5.98. The van der Waals surface area contributed by atoms with E-state index in [9.17, 15) is 9.59 Å². The maximum atomic E-state index is 12.8. The van der Waals surface area contributed by atoms with Gasteiger partial charge in [0.1, 0.15) is 5.65 Å². The van der Waals surface area contributed by atoms with Crippen molar-refractivity contribution in [1.29, 1.82) is 0 Å². The van der Waals surface area contributed by atoms with Crippen LogP contribution in [0.4, 0.5) is 0 Å². The predicted molar refractivity (Wildman–Crippen MR) is 100 cm³/mol. The fraction of sp³-hybridized carbons (Fsp3) is 0.0952. The number of benzene rings is 2. The van der Waals surface area contributed by atoms with Crippen molar-refractivity contribution in [3.8, 4) is 0 Å². The van der Waals surface area contributed by atoms with Crippen molar-refractivity contribution in [3.05, 3.63) is 78.1 Å². The summed E-state index contributed by atoms with van der Waals surface area (Å²) >= 11 is 0. The SMILES string of the molecule is COC(=O)C(OC(=O)c1ccnc2[nH]ccc12)c1cccc2ccccc12. The topological polar surface area (TPSA) is 81.3 Å². The number of carbonyl (C=O) groups is 2. The molecule has 6 heteroatoms. The van der Waals surface area contributed by atoms with Crippen molar-refractivity contribution in [2.24, 2.45) is 0 Å². The van der Waals surface area contributed by atoms with Crippen LogP contribution >= 0.6 is 0 Å². The minimum Gasteiger partial charge on any atom is -0.466 e. The van der Waals surface area contributed by atoms with E-state index < -0.39 is 18.0 Å². The Morgan fingerprint density at radius 1 is 1.00 bits per heavy atom. The molecule has 0 radical (unpaired) electrons. The molecular formula is C21H16N2O4. The van der Waals surface area contributed by atoms with Gasteiger partial charge in [0.25, 0.3) is 0 Å². The van der Waals surface area contributed by atoms with E-state index in [1.165, 1.54) is 13.3 Å². The Balaban J connectivity index is 1.76. The van der Waals surface area contributed by atoms with Gasteiger partial charge >= 0.3 is 11.9 Å². The molecule has 0 fully saturated rings. The molecular weight excluding hydrogens is 344 g/mol. The number of rotatable bonds is 4. The first-order valence-corrected chi connectivity index (χ1v) is 8.37. The monoisotopic (exact) mass is 360 g/mol. The molecule has 0 amide bonds. The molecule has 1 unspecified atom stereocenters. The van der Waals surface area contributed by atoms with Gasteiger partial charge < -0.3 is 14.5 Å². The molecule has 2 heterocycles. The number of hydrogen-bond donors (Lipinski definition) is 1. The van der Waals surface area contributed by atoms with E-state index in [4.69, 9.17) is 9.47 Å². The zero-order chi connectivity index (χ0) is 18.8. The number of H-pyrrole nitrogens is 1. The highest BCUT2D eigenvalue weighted by Gasteiger charge is 2.28. The van der Waals surface area contributed by atoms with Crippen molar-refractivity contribution in [2.45, 2.75) is 6.10 Å². The molecule has 134 valence electrons. The Labute approximate surface area is 154 Å². The molecule has 2 aromatic heterocycles. The van der Waals surface area contributed by atoms with Crippen LogP contribution in [0.15, 0.2) is 67.0 Å². The summed E-state index contributed by atoms with van der Waals surface area (Å²) in [7, 11) is 1.27. The summed E-state index contributed by atoms with van der Waals surface area (Å²) in [5.41, 5.74) is 1.48. The maximum Gasteiger partial charge on any atom is 0.352 e. The molecule has 0 saturated heterocycles. The van der Waals surface area contributed by atoms with Crippen molar-refractivity contribution < 1.29 is 19.1 Å². The summed E-state index contributed by atoms with van der Waals surface area (Å²) in [6, 6.07) is 16.4. The number of fused-ring (bicyclic) bond motifs is 2. The second-order valence-electron chi connectivity index (χ2n) is 5.98. The lowest BCUT2D eigenvalue weighted by atomic mass is 10.00. The lowest BCUT2D eigenvalue weighted by Crippen LogP contribution is -2.21. The Kier molecular flexibility index (Phi) is 4.30. The molecule has 4 rings (SSSR count). The molecule has 2 aromatic carbocycles. The zero-order valence-corrected chi connectivity index (χ0v) is 14.5. The molecule has 0 spiro atoms. The third kappa shape index (κ3) is 3.01. The molecule has 0 saturated carbocycles. The number of pyridine rings is 1. The Bertz CT molecular complexity index is 1140. The molecule has 1 N–H and O–H groups in total. The van der Waals surface area contributed by atoms with Gasteiger partial charge in [-0.2, -0.15) is 0 Å². The third-order valence-corrected chi connectivity index (χ3v) is 4.43. The van der Waals surface area contributed by atoms with Crippen LogP contribution in [0.5, 0.6) is 0 Å². The van der Waals surface area contributed by atoms with Crippen LogP contribution in [0, 0.1) is 0 Å². The van der Waals surface area contributed by atoms with Crippen LogP contribution in [-0.4, -0.2) is 29.0 Å². The quantitative estimate of drug-likeness (QED) is 0.560. The maximum absolute atomic E-state index is 12.8. The van der Waals surface area contributed by atoms with Gasteiger partial charge in [-0.25, -0.2) is 14.6 Å². The van der Waals surface area contributed by atoms with Gasteiger partial charge in [-0.15, -0.1) is 0 Å². The molecule has 27 heavy (non-hydrogen) atoms. The molecule has 0 aliphatic rings. The smallest absolute Gasteiger partial charge is 0.352 e. The van der Waals surface area contributed by atoms with E-state index in [-0.39, 0.29) is 0 Å². The highest BCUT2D eigenvalue weighted by Crippen LogP contribution is 2.29. The van der Waals surface area contributed by atoms with Crippen molar-refractivity contribution in [3.63, 3.8) is 0 Å². The summed E-state index contributed by atoms with van der Waals surface area (Å²) in [5, 5.41) is 2.39. The first-order valence-electron chi connectivity index (χ1n) is 8.37.